The molecular weight excluding hydrogens is 304 g/mol. The molecule has 2 aromatic rings. The highest BCUT2D eigenvalue weighted by atomic mass is 35.5. The zero-order chi connectivity index (χ0) is 14.7. The predicted molar refractivity (Wildman–Crippen MR) is 78.2 cm³/mol. The van der Waals surface area contributed by atoms with Gasteiger partial charge in [0.2, 0.25) is 0 Å². The average molecular weight is 314 g/mol. The Bertz CT molecular complexity index is 641. The first-order valence-corrected chi connectivity index (χ1v) is 6.36. The lowest BCUT2D eigenvalue weighted by Crippen LogP contribution is -2.14. The summed E-state index contributed by atoms with van der Waals surface area (Å²) in [4.78, 5) is 16.0. The van der Waals surface area contributed by atoms with E-state index >= 15 is 0 Å². The summed E-state index contributed by atoms with van der Waals surface area (Å²) in [6.07, 6.45) is 2.99. The molecule has 7 heteroatoms. The Morgan fingerprint density at radius 2 is 1.95 bits per heavy atom. The van der Waals surface area contributed by atoms with Crippen LogP contribution in [0.2, 0.25) is 10.0 Å². The first kappa shape index (κ1) is 14.6. The Hall–Kier alpha value is -1.85. The van der Waals surface area contributed by atoms with Gasteiger partial charge in [-0.15, -0.1) is 0 Å². The maximum Gasteiger partial charge on any atom is 0.259 e. The van der Waals surface area contributed by atoms with Crippen LogP contribution < -0.4 is 10.6 Å². The average Bonchev–Trinajstić information content (AvgIpc) is 2.44. The minimum atomic E-state index is -0.719. The molecule has 0 aliphatic heterocycles. The number of hydrogen-bond acceptors (Lipinski definition) is 3. The fraction of sp³-hybridized carbons (Fsp3) is 0.0769. The molecule has 1 aromatic carbocycles. The minimum Gasteiger partial charge on any atom is -0.387 e. The molecule has 1 aromatic heterocycles. The highest BCUT2D eigenvalue weighted by Gasteiger charge is 2.13. The summed E-state index contributed by atoms with van der Waals surface area (Å²) >= 11 is 11.3. The molecule has 0 aliphatic carbocycles. The van der Waals surface area contributed by atoms with Crippen molar-refractivity contribution in [1.82, 2.24) is 4.98 Å². The highest BCUT2D eigenvalue weighted by Crippen LogP contribution is 2.27. The van der Waals surface area contributed by atoms with E-state index in [0.717, 1.165) is 0 Å². The molecule has 1 amide bonds. The van der Waals surface area contributed by atoms with Gasteiger partial charge in [0.25, 0.3) is 5.91 Å². The molecule has 0 saturated carbocycles. The van der Waals surface area contributed by atoms with Gasteiger partial charge >= 0.3 is 0 Å². The van der Waals surface area contributed by atoms with E-state index in [9.17, 15) is 9.18 Å². The SMILES string of the molecule is CNc1ccncc1C(=O)Nc1cc(Cl)c(F)c(Cl)c1. The summed E-state index contributed by atoms with van der Waals surface area (Å²) in [6, 6.07) is 4.24. The van der Waals surface area contributed by atoms with Gasteiger partial charge in [0.05, 0.1) is 15.6 Å². The second kappa shape index (κ2) is 6.07. The van der Waals surface area contributed by atoms with Crippen molar-refractivity contribution in [3.05, 3.63) is 52.0 Å². The van der Waals surface area contributed by atoms with Crippen LogP contribution in [0.4, 0.5) is 15.8 Å². The molecule has 20 heavy (non-hydrogen) atoms. The van der Waals surface area contributed by atoms with Crippen LogP contribution >= 0.6 is 23.2 Å². The van der Waals surface area contributed by atoms with Crippen LogP contribution in [0.1, 0.15) is 10.4 Å². The Morgan fingerprint density at radius 3 is 2.55 bits per heavy atom. The number of anilines is 2. The Kier molecular flexibility index (Phi) is 4.42. The number of rotatable bonds is 3. The third kappa shape index (κ3) is 3.00. The third-order valence-corrected chi connectivity index (χ3v) is 3.13. The standard InChI is InChI=1S/C13H10Cl2FN3O/c1-17-11-2-3-18-6-8(11)13(20)19-7-4-9(14)12(16)10(15)5-7/h2-6H,1H3,(H,17,18)(H,19,20). The highest BCUT2D eigenvalue weighted by molar-refractivity contribution is 6.35. The van der Waals surface area contributed by atoms with E-state index in [4.69, 9.17) is 23.2 Å². The predicted octanol–water partition coefficient (Wildman–Crippen LogP) is 3.82. The topological polar surface area (TPSA) is 54.0 Å². The zero-order valence-electron chi connectivity index (χ0n) is 10.4. The fourth-order valence-electron chi connectivity index (χ4n) is 1.62. The van der Waals surface area contributed by atoms with Crippen LogP contribution in [-0.2, 0) is 0 Å². The van der Waals surface area contributed by atoms with Gasteiger partial charge in [-0.3, -0.25) is 9.78 Å². The van der Waals surface area contributed by atoms with Gasteiger partial charge in [0.15, 0.2) is 5.82 Å². The summed E-state index contributed by atoms with van der Waals surface area (Å²) < 4.78 is 13.3. The molecule has 0 radical (unpaired) electrons. The monoisotopic (exact) mass is 313 g/mol. The molecule has 0 bridgehead atoms. The minimum absolute atomic E-state index is 0.159. The van der Waals surface area contributed by atoms with Crippen molar-refractivity contribution in [1.29, 1.82) is 0 Å². The molecule has 0 atom stereocenters. The maximum absolute atomic E-state index is 13.3. The number of amides is 1. The lowest BCUT2D eigenvalue weighted by molar-refractivity contribution is 0.102. The number of carbonyl (C=O) groups excluding carboxylic acids is 1. The number of pyridine rings is 1. The Labute approximate surface area is 124 Å². The van der Waals surface area contributed by atoms with Crippen LogP contribution in [0.25, 0.3) is 0 Å². The smallest absolute Gasteiger partial charge is 0.259 e. The summed E-state index contributed by atoms with van der Waals surface area (Å²) in [5, 5.41) is 5.15. The maximum atomic E-state index is 13.3. The van der Waals surface area contributed by atoms with Crippen LogP contribution in [-0.4, -0.2) is 17.9 Å². The van der Waals surface area contributed by atoms with E-state index in [1.165, 1.54) is 18.3 Å². The van der Waals surface area contributed by atoms with Gasteiger partial charge in [0.1, 0.15) is 0 Å². The van der Waals surface area contributed by atoms with Crippen LogP contribution in [0.15, 0.2) is 30.6 Å². The number of carbonyl (C=O) groups is 1. The van der Waals surface area contributed by atoms with E-state index in [0.29, 0.717) is 16.9 Å². The number of halogens is 3. The molecule has 0 saturated heterocycles. The number of benzene rings is 1. The molecular formula is C13H10Cl2FN3O. The third-order valence-electron chi connectivity index (χ3n) is 2.58. The normalized spacial score (nSPS) is 10.2. The quantitative estimate of drug-likeness (QED) is 0.847. The van der Waals surface area contributed by atoms with Gasteiger partial charge in [-0.2, -0.15) is 0 Å². The van der Waals surface area contributed by atoms with Crippen molar-refractivity contribution in [3.63, 3.8) is 0 Å². The largest absolute Gasteiger partial charge is 0.387 e. The van der Waals surface area contributed by atoms with Gasteiger partial charge in [-0.25, -0.2) is 4.39 Å². The first-order chi connectivity index (χ1) is 9.52. The molecule has 0 fully saturated rings. The molecule has 0 unspecified atom stereocenters. The molecule has 0 aliphatic rings. The van der Waals surface area contributed by atoms with Crippen LogP contribution in [0.3, 0.4) is 0 Å². The fourth-order valence-corrected chi connectivity index (χ4v) is 2.11. The van der Waals surface area contributed by atoms with Gasteiger partial charge in [0, 0.05) is 30.8 Å². The Balaban J connectivity index is 2.28. The van der Waals surface area contributed by atoms with Crippen LogP contribution in [0, 0.1) is 5.82 Å². The lowest BCUT2D eigenvalue weighted by atomic mass is 10.2. The van der Waals surface area contributed by atoms with Gasteiger partial charge in [-0.1, -0.05) is 23.2 Å². The van der Waals surface area contributed by atoms with Crippen molar-refractivity contribution >= 4 is 40.5 Å². The summed E-state index contributed by atoms with van der Waals surface area (Å²) in [5.74, 6) is -1.12. The van der Waals surface area contributed by atoms with Gasteiger partial charge < -0.3 is 10.6 Å². The van der Waals surface area contributed by atoms with E-state index in [2.05, 4.69) is 15.6 Å². The molecule has 2 rings (SSSR count). The van der Waals surface area contributed by atoms with Crippen molar-refractivity contribution in [2.45, 2.75) is 0 Å². The lowest BCUT2D eigenvalue weighted by Gasteiger charge is -2.10. The van der Waals surface area contributed by atoms with E-state index in [1.54, 1.807) is 19.3 Å². The summed E-state index contributed by atoms with van der Waals surface area (Å²) in [5.41, 5.74) is 1.28. The Morgan fingerprint density at radius 1 is 1.30 bits per heavy atom. The van der Waals surface area contributed by atoms with Crippen LogP contribution in [0.5, 0.6) is 0 Å². The molecule has 2 N–H and O–H groups in total. The van der Waals surface area contributed by atoms with E-state index in [1.807, 2.05) is 0 Å². The van der Waals surface area contributed by atoms with Gasteiger partial charge in [-0.05, 0) is 18.2 Å². The molecule has 0 spiro atoms. The zero-order valence-corrected chi connectivity index (χ0v) is 11.9. The molecule has 104 valence electrons. The first-order valence-electron chi connectivity index (χ1n) is 5.60. The molecule has 4 nitrogen and oxygen atoms in total. The van der Waals surface area contributed by atoms with E-state index in [-0.39, 0.29) is 10.0 Å². The number of nitrogens with zero attached hydrogens (tertiary/aromatic N) is 1. The van der Waals surface area contributed by atoms with Crippen molar-refractivity contribution < 1.29 is 9.18 Å². The van der Waals surface area contributed by atoms with E-state index < -0.39 is 11.7 Å². The summed E-state index contributed by atoms with van der Waals surface area (Å²) in [7, 11) is 1.69. The second-order valence-corrected chi connectivity index (χ2v) is 4.69. The number of nitrogens with one attached hydrogen (secondary N) is 2. The number of hydrogen-bond donors (Lipinski definition) is 2. The second-order valence-electron chi connectivity index (χ2n) is 3.88. The number of aromatic nitrogens is 1. The van der Waals surface area contributed by atoms with Crippen molar-refractivity contribution in [2.24, 2.45) is 0 Å². The van der Waals surface area contributed by atoms with Crippen molar-refractivity contribution in [2.75, 3.05) is 17.7 Å². The summed E-state index contributed by atoms with van der Waals surface area (Å²) in [6.45, 7) is 0. The molecule has 1 heterocycles. The van der Waals surface area contributed by atoms with Crippen molar-refractivity contribution in [3.8, 4) is 0 Å².